The molecule has 1 aromatic heterocycles. The van der Waals surface area contributed by atoms with Crippen molar-refractivity contribution in [1.29, 1.82) is 0 Å². The van der Waals surface area contributed by atoms with E-state index in [9.17, 15) is 9.18 Å². The summed E-state index contributed by atoms with van der Waals surface area (Å²) in [4.78, 5) is 12.2. The second-order valence-corrected chi connectivity index (χ2v) is 6.88. The smallest absolute Gasteiger partial charge is 0.221 e. The number of nitrogens with zero attached hydrogens (tertiary/aromatic N) is 2. The van der Waals surface area contributed by atoms with Crippen LogP contribution in [0.3, 0.4) is 0 Å². The molecule has 0 fully saturated rings. The Labute approximate surface area is 178 Å². The highest BCUT2D eigenvalue weighted by atomic mass is 32.1. The molecule has 1 amide bonds. The molecule has 0 bridgehead atoms. The van der Waals surface area contributed by atoms with Crippen LogP contribution in [0.15, 0.2) is 48.5 Å². The quantitative estimate of drug-likeness (QED) is 0.378. The van der Waals surface area contributed by atoms with Gasteiger partial charge in [0.25, 0.3) is 0 Å². The molecule has 0 saturated carbocycles. The minimum Gasteiger partial charge on any atom is -0.497 e. The maximum atomic E-state index is 12.8. The molecular formula is C21H23FN4O3S. The van der Waals surface area contributed by atoms with Crippen LogP contribution >= 0.6 is 12.2 Å². The van der Waals surface area contributed by atoms with Gasteiger partial charge in [0, 0.05) is 25.1 Å². The van der Waals surface area contributed by atoms with Crippen molar-refractivity contribution in [3.05, 3.63) is 59.1 Å². The Morgan fingerprint density at radius 3 is 2.57 bits per heavy atom. The van der Waals surface area contributed by atoms with E-state index in [-0.39, 0.29) is 18.1 Å². The normalized spacial score (nSPS) is 10.6. The van der Waals surface area contributed by atoms with Crippen molar-refractivity contribution >= 4 is 18.1 Å². The number of halogens is 1. The Morgan fingerprint density at radius 1 is 1.17 bits per heavy atom. The molecule has 158 valence electrons. The van der Waals surface area contributed by atoms with E-state index < -0.39 is 0 Å². The first-order valence-corrected chi connectivity index (χ1v) is 9.92. The summed E-state index contributed by atoms with van der Waals surface area (Å²) in [6, 6.07) is 13.3. The number of nitrogens with one attached hydrogen (secondary N) is 2. The minimum atomic E-state index is -0.303. The largest absolute Gasteiger partial charge is 0.497 e. The number of amides is 1. The topological polar surface area (TPSA) is 81.2 Å². The van der Waals surface area contributed by atoms with Crippen LogP contribution in [0.2, 0.25) is 0 Å². The number of hydrogen-bond acceptors (Lipinski definition) is 5. The molecule has 0 aliphatic heterocycles. The first-order valence-electron chi connectivity index (χ1n) is 9.51. The van der Waals surface area contributed by atoms with Crippen LogP contribution in [0.4, 0.5) is 4.39 Å². The molecule has 9 heteroatoms. The first kappa shape index (κ1) is 21.5. The predicted octanol–water partition coefficient (Wildman–Crippen LogP) is 3.73. The van der Waals surface area contributed by atoms with Gasteiger partial charge in [-0.2, -0.15) is 5.10 Å². The third kappa shape index (κ3) is 5.90. The van der Waals surface area contributed by atoms with Crippen molar-refractivity contribution in [2.24, 2.45) is 0 Å². The fourth-order valence-electron chi connectivity index (χ4n) is 2.81. The van der Waals surface area contributed by atoms with Crippen LogP contribution < -0.4 is 14.8 Å². The number of aromatic amines is 1. The first-order chi connectivity index (χ1) is 14.6. The van der Waals surface area contributed by atoms with Gasteiger partial charge in [-0.25, -0.2) is 4.39 Å². The summed E-state index contributed by atoms with van der Waals surface area (Å²) in [5.41, 5.74) is 0.876. The van der Waals surface area contributed by atoms with Crippen molar-refractivity contribution in [3.8, 4) is 22.9 Å². The van der Waals surface area contributed by atoms with E-state index in [1.54, 1.807) is 23.8 Å². The molecule has 0 saturated heterocycles. The zero-order valence-corrected chi connectivity index (χ0v) is 17.4. The molecule has 0 aliphatic rings. The highest BCUT2D eigenvalue weighted by Gasteiger charge is 2.11. The van der Waals surface area contributed by atoms with Gasteiger partial charge in [0.2, 0.25) is 5.91 Å². The van der Waals surface area contributed by atoms with E-state index in [0.29, 0.717) is 42.5 Å². The number of ether oxygens (including phenoxy) is 2. The van der Waals surface area contributed by atoms with Crippen LogP contribution in [0.5, 0.6) is 11.5 Å². The van der Waals surface area contributed by atoms with Gasteiger partial charge in [-0.15, -0.1) is 0 Å². The third-order valence-corrected chi connectivity index (χ3v) is 4.71. The molecule has 3 aromatic rings. The molecular weight excluding hydrogens is 407 g/mol. The van der Waals surface area contributed by atoms with E-state index >= 15 is 0 Å². The van der Waals surface area contributed by atoms with Gasteiger partial charge in [-0.3, -0.25) is 14.5 Å². The zero-order valence-electron chi connectivity index (χ0n) is 16.6. The van der Waals surface area contributed by atoms with E-state index in [1.807, 2.05) is 24.3 Å². The number of hydrogen-bond donors (Lipinski definition) is 2. The van der Waals surface area contributed by atoms with E-state index in [0.717, 1.165) is 11.3 Å². The average Bonchev–Trinajstić information content (AvgIpc) is 3.13. The number of carbonyl (C=O) groups is 1. The van der Waals surface area contributed by atoms with Crippen molar-refractivity contribution < 1.29 is 18.7 Å². The van der Waals surface area contributed by atoms with Gasteiger partial charge in [-0.05, 0) is 67.2 Å². The zero-order chi connectivity index (χ0) is 21.3. The summed E-state index contributed by atoms with van der Waals surface area (Å²) in [5.74, 6) is 1.64. The maximum absolute atomic E-state index is 12.8. The van der Waals surface area contributed by atoms with Crippen molar-refractivity contribution in [1.82, 2.24) is 20.1 Å². The Kier molecular flexibility index (Phi) is 7.56. The fourth-order valence-corrected chi connectivity index (χ4v) is 3.03. The summed E-state index contributed by atoms with van der Waals surface area (Å²) in [5, 5.41) is 9.91. The third-order valence-electron chi connectivity index (χ3n) is 4.39. The van der Waals surface area contributed by atoms with E-state index in [2.05, 4.69) is 15.5 Å². The Balaban J connectivity index is 1.44. The Hall–Kier alpha value is -3.20. The molecule has 1 heterocycles. The summed E-state index contributed by atoms with van der Waals surface area (Å²) in [7, 11) is 1.61. The van der Waals surface area contributed by atoms with Gasteiger partial charge in [0.15, 0.2) is 10.6 Å². The lowest BCUT2D eigenvalue weighted by atomic mass is 10.2. The van der Waals surface area contributed by atoms with Crippen molar-refractivity contribution in [2.45, 2.75) is 19.4 Å². The van der Waals surface area contributed by atoms with Gasteiger partial charge < -0.3 is 14.8 Å². The fraction of sp³-hybridized carbons (Fsp3) is 0.286. The van der Waals surface area contributed by atoms with Crippen LogP contribution in [-0.2, 0) is 11.3 Å². The molecule has 0 radical (unpaired) electrons. The highest BCUT2D eigenvalue weighted by molar-refractivity contribution is 7.71. The van der Waals surface area contributed by atoms with Crippen LogP contribution in [0.1, 0.15) is 12.8 Å². The number of carbonyl (C=O) groups excluding carboxylic acids is 1. The molecule has 7 nitrogen and oxygen atoms in total. The summed E-state index contributed by atoms with van der Waals surface area (Å²) >= 11 is 5.30. The van der Waals surface area contributed by atoms with E-state index in [4.69, 9.17) is 21.7 Å². The standard InChI is InChI=1S/C21H23FN4O3S/c1-28-17-7-3-15(4-8-17)20-24-25-21(30)26(20)13-11-19(27)23-12-2-14-29-18-9-5-16(22)6-10-18/h3-10H,2,11-14H2,1H3,(H,23,27)(H,25,30). The monoisotopic (exact) mass is 430 g/mol. The lowest BCUT2D eigenvalue weighted by Crippen LogP contribution is -2.26. The Bertz CT molecular complexity index is 1020. The Morgan fingerprint density at radius 2 is 1.87 bits per heavy atom. The molecule has 30 heavy (non-hydrogen) atoms. The maximum Gasteiger partial charge on any atom is 0.221 e. The minimum absolute atomic E-state index is 0.0828. The van der Waals surface area contributed by atoms with Crippen molar-refractivity contribution in [3.63, 3.8) is 0 Å². The second kappa shape index (κ2) is 10.5. The molecule has 0 unspecified atom stereocenters. The van der Waals surface area contributed by atoms with Crippen LogP contribution in [-0.4, -0.2) is 40.9 Å². The summed E-state index contributed by atoms with van der Waals surface area (Å²) in [6.07, 6.45) is 0.918. The molecule has 2 N–H and O–H groups in total. The lowest BCUT2D eigenvalue weighted by Gasteiger charge is -2.09. The van der Waals surface area contributed by atoms with Gasteiger partial charge in [-0.1, -0.05) is 0 Å². The second-order valence-electron chi connectivity index (χ2n) is 6.49. The number of aromatic nitrogens is 3. The van der Waals surface area contributed by atoms with Gasteiger partial charge >= 0.3 is 0 Å². The average molecular weight is 431 g/mol. The number of benzene rings is 2. The lowest BCUT2D eigenvalue weighted by molar-refractivity contribution is -0.121. The summed E-state index contributed by atoms with van der Waals surface area (Å²) < 4.78 is 25.8. The van der Waals surface area contributed by atoms with Crippen LogP contribution in [0, 0.1) is 10.6 Å². The predicted molar refractivity (Wildman–Crippen MR) is 114 cm³/mol. The highest BCUT2D eigenvalue weighted by Crippen LogP contribution is 2.21. The van der Waals surface area contributed by atoms with Gasteiger partial charge in [0.05, 0.1) is 13.7 Å². The van der Waals surface area contributed by atoms with E-state index in [1.165, 1.54) is 12.1 Å². The van der Waals surface area contributed by atoms with Crippen LogP contribution in [0.25, 0.3) is 11.4 Å². The molecule has 3 rings (SSSR count). The van der Waals surface area contributed by atoms with Gasteiger partial charge in [0.1, 0.15) is 17.3 Å². The van der Waals surface area contributed by atoms with Crippen molar-refractivity contribution in [2.75, 3.05) is 20.3 Å². The molecule has 0 spiro atoms. The molecule has 0 atom stereocenters. The number of methoxy groups -OCH3 is 1. The SMILES string of the molecule is COc1ccc(-c2n[nH]c(=S)n2CCC(=O)NCCCOc2ccc(F)cc2)cc1. The molecule has 0 aliphatic carbocycles. The number of H-pyrrole nitrogens is 1. The number of rotatable bonds is 10. The summed E-state index contributed by atoms with van der Waals surface area (Å²) in [6.45, 7) is 1.33. The molecule has 2 aromatic carbocycles.